The molecule has 1 unspecified atom stereocenters. The molecule has 0 aliphatic heterocycles. The molecule has 0 radical (unpaired) electrons. The molecular formula is C9H10Cl4N4O4. The van der Waals surface area contributed by atoms with E-state index >= 15 is 0 Å². The van der Waals surface area contributed by atoms with Gasteiger partial charge < -0.3 is 20.2 Å². The van der Waals surface area contributed by atoms with E-state index in [-0.39, 0.29) is 19.0 Å². The fraction of sp³-hybridized carbons (Fsp3) is 0.556. The van der Waals surface area contributed by atoms with Crippen LogP contribution in [-0.4, -0.2) is 36.5 Å². The van der Waals surface area contributed by atoms with Gasteiger partial charge in [-0.2, -0.15) is 0 Å². The summed E-state index contributed by atoms with van der Waals surface area (Å²) in [5.74, 6) is 0.218. The molecule has 0 aromatic carbocycles. The average molecular weight is 380 g/mol. The van der Waals surface area contributed by atoms with Crippen LogP contribution in [-0.2, 0) is 11.3 Å². The molecule has 8 nitrogen and oxygen atoms in total. The van der Waals surface area contributed by atoms with Gasteiger partial charge in [-0.15, -0.1) is 0 Å². The number of alkyl halides is 4. The fourth-order valence-corrected chi connectivity index (χ4v) is 1.59. The molecule has 1 rings (SSSR count). The molecule has 12 heteroatoms. The molecule has 0 saturated heterocycles. The maximum Gasteiger partial charge on any atom is 0.408 e. The topological polar surface area (TPSA) is 99.3 Å². The number of alkyl carbamates (subject to hydrolysis) is 1. The van der Waals surface area contributed by atoms with Gasteiger partial charge in [0.25, 0.3) is 0 Å². The zero-order valence-electron chi connectivity index (χ0n) is 10.6. The SMILES string of the molecule is Cc1ncc([N+](=O)[O-])n1CCOC(=O)NC(Cl)C(Cl)(Cl)Cl. The van der Waals surface area contributed by atoms with E-state index in [4.69, 9.17) is 51.1 Å². The van der Waals surface area contributed by atoms with E-state index in [0.29, 0.717) is 5.82 Å². The zero-order chi connectivity index (χ0) is 16.2. The van der Waals surface area contributed by atoms with Gasteiger partial charge in [-0.1, -0.05) is 46.4 Å². The summed E-state index contributed by atoms with van der Waals surface area (Å²) in [6, 6.07) is 0. The highest BCUT2D eigenvalue weighted by molar-refractivity contribution is 6.70. The molecule has 0 saturated carbocycles. The highest BCUT2D eigenvalue weighted by Gasteiger charge is 2.32. The van der Waals surface area contributed by atoms with Gasteiger partial charge >= 0.3 is 11.9 Å². The molecule has 118 valence electrons. The second-order valence-corrected chi connectivity index (χ2v) is 6.56. The monoisotopic (exact) mass is 378 g/mol. The van der Waals surface area contributed by atoms with Gasteiger partial charge in [0.1, 0.15) is 19.3 Å². The standard InChI is InChI=1S/C9H10Cl4N4O4/c1-5-14-4-6(17(19)20)16(5)2-3-21-8(18)15-7(10)9(11,12)13/h4,7H,2-3H2,1H3,(H,15,18). The van der Waals surface area contributed by atoms with Crippen LogP contribution in [0.5, 0.6) is 0 Å². The van der Waals surface area contributed by atoms with Crippen molar-refractivity contribution in [1.82, 2.24) is 14.9 Å². The van der Waals surface area contributed by atoms with E-state index < -0.39 is 20.3 Å². The van der Waals surface area contributed by atoms with Crippen LogP contribution < -0.4 is 5.32 Å². The molecule has 0 fully saturated rings. The van der Waals surface area contributed by atoms with Crippen LogP contribution in [0, 0.1) is 17.0 Å². The highest BCUT2D eigenvalue weighted by Crippen LogP contribution is 2.32. The molecule has 0 bridgehead atoms. The molecular weight excluding hydrogens is 370 g/mol. The molecule has 1 aromatic rings. The summed E-state index contributed by atoms with van der Waals surface area (Å²) in [6.45, 7) is 1.49. The Morgan fingerprint density at radius 2 is 2.24 bits per heavy atom. The lowest BCUT2D eigenvalue weighted by atomic mass is 10.6. The van der Waals surface area contributed by atoms with E-state index in [9.17, 15) is 14.9 Å². The van der Waals surface area contributed by atoms with Crippen LogP contribution in [0.1, 0.15) is 5.82 Å². The number of aryl methyl sites for hydroxylation is 1. The van der Waals surface area contributed by atoms with Gasteiger partial charge in [0.2, 0.25) is 3.79 Å². The van der Waals surface area contributed by atoms with Gasteiger partial charge in [-0.25, -0.2) is 14.3 Å². The minimum atomic E-state index is -1.89. The number of carbonyl (C=O) groups is 1. The first-order chi connectivity index (χ1) is 9.62. The molecule has 1 N–H and O–H groups in total. The first-order valence-electron chi connectivity index (χ1n) is 5.43. The first-order valence-corrected chi connectivity index (χ1v) is 7.00. The van der Waals surface area contributed by atoms with E-state index in [1.54, 1.807) is 6.92 Å². The van der Waals surface area contributed by atoms with Crippen molar-refractivity contribution in [2.24, 2.45) is 0 Å². The van der Waals surface area contributed by atoms with E-state index in [0.717, 1.165) is 6.20 Å². The van der Waals surface area contributed by atoms with Crippen LogP contribution in [0.4, 0.5) is 10.6 Å². The summed E-state index contributed by atoms with van der Waals surface area (Å²) in [7, 11) is 0. The van der Waals surface area contributed by atoms with Gasteiger partial charge in [-0.3, -0.25) is 0 Å². The van der Waals surface area contributed by atoms with Crippen molar-refractivity contribution in [1.29, 1.82) is 0 Å². The molecule has 1 atom stereocenters. The number of amides is 1. The maximum absolute atomic E-state index is 11.4. The largest absolute Gasteiger partial charge is 0.445 e. The summed E-state index contributed by atoms with van der Waals surface area (Å²) in [6.07, 6.45) is 0.203. The Labute approximate surface area is 139 Å². The number of halogens is 4. The quantitative estimate of drug-likeness (QED) is 0.367. The van der Waals surface area contributed by atoms with Crippen molar-refractivity contribution in [2.45, 2.75) is 22.8 Å². The van der Waals surface area contributed by atoms with E-state index in [1.165, 1.54) is 4.57 Å². The van der Waals surface area contributed by atoms with Gasteiger partial charge in [0.05, 0.1) is 0 Å². The second kappa shape index (κ2) is 7.35. The molecule has 1 heterocycles. The number of hydrogen-bond donors (Lipinski definition) is 1. The Kier molecular flexibility index (Phi) is 6.33. The third-order valence-corrected chi connectivity index (χ3v) is 3.73. The van der Waals surface area contributed by atoms with E-state index in [2.05, 4.69) is 10.3 Å². The Hall–Kier alpha value is -0.960. The molecule has 1 amide bonds. The Morgan fingerprint density at radius 3 is 2.76 bits per heavy atom. The smallest absolute Gasteiger partial charge is 0.408 e. The van der Waals surface area contributed by atoms with Gasteiger partial charge in [0.15, 0.2) is 11.3 Å². The van der Waals surface area contributed by atoms with Crippen LogP contribution in [0.25, 0.3) is 0 Å². The third-order valence-electron chi connectivity index (χ3n) is 2.30. The minimum absolute atomic E-state index is 0.0519. The highest BCUT2D eigenvalue weighted by atomic mass is 35.6. The van der Waals surface area contributed by atoms with Crippen molar-refractivity contribution in [3.05, 3.63) is 22.1 Å². The maximum atomic E-state index is 11.4. The summed E-state index contributed by atoms with van der Waals surface area (Å²) in [5.41, 5.74) is -1.28. The Bertz CT molecular complexity index is 530. The number of imidazole rings is 1. The fourth-order valence-electron chi connectivity index (χ4n) is 1.33. The number of nitro groups is 1. The second-order valence-electron chi connectivity index (χ2n) is 3.76. The van der Waals surface area contributed by atoms with Crippen molar-refractivity contribution in [2.75, 3.05) is 6.61 Å². The van der Waals surface area contributed by atoms with Crippen LogP contribution in [0.3, 0.4) is 0 Å². The number of nitrogens with one attached hydrogen (secondary N) is 1. The van der Waals surface area contributed by atoms with Crippen LogP contribution >= 0.6 is 46.4 Å². The summed E-state index contributed by atoms with van der Waals surface area (Å²) in [5, 5.41) is 12.9. The number of ether oxygens (including phenoxy) is 1. The van der Waals surface area contributed by atoms with E-state index in [1.807, 2.05) is 0 Å². The van der Waals surface area contributed by atoms with Crippen LogP contribution in [0.15, 0.2) is 6.20 Å². The first kappa shape index (κ1) is 18.1. The minimum Gasteiger partial charge on any atom is -0.445 e. The molecule has 0 aliphatic carbocycles. The van der Waals surface area contributed by atoms with Crippen LogP contribution in [0.2, 0.25) is 0 Å². The lowest BCUT2D eigenvalue weighted by Crippen LogP contribution is -2.40. The molecule has 0 spiro atoms. The lowest BCUT2D eigenvalue weighted by Gasteiger charge is -2.18. The zero-order valence-corrected chi connectivity index (χ0v) is 13.6. The van der Waals surface area contributed by atoms with Crippen molar-refractivity contribution >= 4 is 58.3 Å². The normalized spacial score (nSPS) is 12.8. The summed E-state index contributed by atoms with van der Waals surface area (Å²) >= 11 is 22.0. The van der Waals surface area contributed by atoms with Crippen molar-refractivity contribution in [3.63, 3.8) is 0 Å². The summed E-state index contributed by atoms with van der Waals surface area (Å²) in [4.78, 5) is 25.4. The summed E-state index contributed by atoms with van der Waals surface area (Å²) < 4.78 is 4.19. The number of aromatic nitrogens is 2. The molecule has 21 heavy (non-hydrogen) atoms. The third kappa shape index (κ3) is 5.39. The van der Waals surface area contributed by atoms with Gasteiger partial charge in [0, 0.05) is 6.92 Å². The Balaban J connectivity index is 2.49. The molecule has 0 aliphatic rings. The van der Waals surface area contributed by atoms with Gasteiger partial charge in [-0.05, 0) is 4.92 Å². The number of hydrogen-bond acceptors (Lipinski definition) is 5. The number of rotatable bonds is 5. The predicted molar refractivity (Wildman–Crippen MR) is 78.0 cm³/mol. The predicted octanol–water partition coefficient (Wildman–Crippen LogP) is 2.76. The average Bonchev–Trinajstić information content (AvgIpc) is 2.70. The number of carbonyl (C=O) groups excluding carboxylic acids is 1. The Morgan fingerprint density at radius 1 is 1.62 bits per heavy atom. The van der Waals surface area contributed by atoms with Crippen molar-refractivity contribution < 1.29 is 14.5 Å². The molecule has 1 aromatic heterocycles. The lowest BCUT2D eigenvalue weighted by molar-refractivity contribution is -0.392. The number of nitrogens with zero attached hydrogens (tertiary/aromatic N) is 3. The van der Waals surface area contributed by atoms with Crippen molar-refractivity contribution in [3.8, 4) is 0 Å².